The number of aromatic amines is 1. The van der Waals surface area contributed by atoms with E-state index in [1.165, 1.54) is 32.0 Å². The summed E-state index contributed by atoms with van der Waals surface area (Å²) in [6.45, 7) is 3.04. The van der Waals surface area contributed by atoms with E-state index in [-0.39, 0.29) is 23.6 Å². The summed E-state index contributed by atoms with van der Waals surface area (Å²) in [5, 5.41) is 0. The molecule has 118 valence electrons. The van der Waals surface area contributed by atoms with E-state index >= 15 is 0 Å². The minimum absolute atomic E-state index is 0.00295. The predicted molar refractivity (Wildman–Crippen MR) is 75.8 cm³/mol. The van der Waals surface area contributed by atoms with Crippen LogP contribution in [0.1, 0.15) is 13.8 Å². The molecule has 3 rings (SSSR count). The Kier molecular flexibility index (Phi) is 3.15. The zero-order valence-electron chi connectivity index (χ0n) is 12.0. The van der Waals surface area contributed by atoms with E-state index in [4.69, 9.17) is 9.15 Å². The van der Waals surface area contributed by atoms with Crippen LogP contribution in [0.25, 0.3) is 11.1 Å². The van der Waals surface area contributed by atoms with E-state index < -0.39 is 27.3 Å². The highest BCUT2D eigenvalue weighted by molar-refractivity contribution is 7.89. The van der Waals surface area contributed by atoms with Crippen molar-refractivity contribution >= 4 is 27.1 Å². The van der Waals surface area contributed by atoms with E-state index in [1.54, 1.807) is 0 Å². The summed E-state index contributed by atoms with van der Waals surface area (Å²) in [5.74, 6) is -1.26. The maximum Gasteiger partial charge on any atom is 0.417 e. The lowest BCUT2D eigenvalue weighted by Crippen LogP contribution is -2.58. The molecule has 2 aromatic rings. The van der Waals surface area contributed by atoms with Crippen molar-refractivity contribution in [1.29, 1.82) is 0 Å². The fraction of sp³-hybridized carbons (Fsp3) is 0.385. The lowest BCUT2D eigenvalue weighted by atomic mass is 10.1. The van der Waals surface area contributed by atoms with Crippen molar-refractivity contribution in [3.63, 3.8) is 0 Å². The third kappa shape index (κ3) is 2.13. The first-order chi connectivity index (χ1) is 10.2. The fourth-order valence-corrected chi connectivity index (χ4v) is 4.15. The molecule has 2 heterocycles. The van der Waals surface area contributed by atoms with Crippen LogP contribution in [0.3, 0.4) is 0 Å². The number of H-pyrrole nitrogens is 1. The molecule has 8 nitrogen and oxygen atoms in total. The zero-order valence-corrected chi connectivity index (χ0v) is 12.8. The van der Waals surface area contributed by atoms with Crippen LogP contribution >= 0.6 is 0 Å². The molecule has 1 aliphatic rings. The zero-order chi connectivity index (χ0) is 16.1. The van der Waals surface area contributed by atoms with Crippen molar-refractivity contribution in [1.82, 2.24) is 9.29 Å². The van der Waals surface area contributed by atoms with Gasteiger partial charge in [0.05, 0.1) is 10.4 Å². The molecule has 0 aliphatic carbocycles. The highest BCUT2D eigenvalue weighted by atomic mass is 32.2. The second-order valence-electron chi connectivity index (χ2n) is 5.44. The van der Waals surface area contributed by atoms with Gasteiger partial charge in [0.1, 0.15) is 12.1 Å². The predicted octanol–water partition coefficient (Wildman–Crippen LogP) is 0.447. The highest BCUT2D eigenvalue weighted by Gasteiger charge is 2.46. The van der Waals surface area contributed by atoms with Crippen LogP contribution < -0.4 is 5.76 Å². The summed E-state index contributed by atoms with van der Waals surface area (Å²) in [6.07, 6.45) is 0. The van der Waals surface area contributed by atoms with Crippen LogP contribution in [0.4, 0.5) is 0 Å². The molecule has 1 fully saturated rings. The van der Waals surface area contributed by atoms with Crippen molar-refractivity contribution in [2.24, 2.45) is 0 Å². The lowest BCUT2D eigenvalue weighted by Gasteiger charge is -2.38. The normalized spacial score (nSPS) is 19.3. The van der Waals surface area contributed by atoms with Gasteiger partial charge in [0.2, 0.25) is 10.0 Å². The Morgan fingerprint density at radius 3 is 2.73 bits per heavy atom. The average Bonchev–Trinajstić information content (AvgIpc) is 2.80. The summed E-state index contributed by atoms with van der Waals surface area (Å²) >= 11 is 0. The van der Waals surface area contributed by atoms with Crippen LogP contribution in [0.15, 0.2) is 32.3 Å². The number of carbonyl (C=O) groups is 1. The minimum atomic E-state index is -3.93. The second kappa shape index (κ2) is 4.68. The number of cyclic esters (lactones) is 1. The molecule has 22 heavy (non-hydrogen) atoms. The molecule has 0 atom stereocenters. The van der Waals surface area contributed by atoms with E-state index in [1.807, 2.05) is 0 Å². The number of oxazole rings is 1. The molecule has 0 radical (unpaired) electrons. The molecule has 1 aliphatic heterocycles. The maximum absolute atomic E-state index is 12.8. The van der Waals surface area contributed by atoms with Gasteiger partial charge in [-0.25, -0.2) is 13.2 Å². The van der Waals surface area contributed by atoms with Crippen LogP contribution in [0, 0.1) is 0 Å². The molecule has 0 spiro atoms. The third-order valence-corrected chi connectivity index (χ3v) is 5.70. The largest absolute Gasteiger partial charge is 0.463 e. The summed E-state index contributed by atoms with van der Waals surface area (Å²) in [5.41, 5.74) is -0.755. The molecule has 1 aromatic carbocycles. The number of carbonyl (C=O) groups excluding carboxylic acids is 1. The Labute approximate surface area is 125 Å². The van der Waals surface area contributed by atoms with Gasteiger partial charge in [0, 0.05) is 12.6 Å². The van der Waals surface area contributed by atoms with E-state index in [2.05, 4.69) is 4.98 Å². The topological polar surface area (TPSA) is 110 Å². The number of nitrogens with one attached hydrogen (secondary N) is 1. The van der Waals surface area contributed by atoms with Crippen molar-refractivity contribution in [3.8, 4) is 0 Å². The SMILES string of the molecule is CC1(C)C(=O)OCCN1S(=O)(=O)c1ccc2[nH]c(=O)oc2c1. The first-order valence-corrected chi connectivity index (χ1v) is 8.00. The van der Waals surface area contributed by atoms with Crippen molar-refractivity contribution in [2.45, 2.75) is 24.3 Å². The summed E-state index contributed by atoms with van der Waals surface area (Å²) in [4.78, 5) is 25.4. The number of morpholine rings is 1. The number of hydrogen-bond donors (Lipinski definition) is 1. The van der Waals surface area contributed by atoms with Gasteiger partial charge in [0.25, 0.3) is 0 Å². The number of rotatable bonds is 2. The highest BCUT2D eigenvalue weighted by Crippen LogP contribution is 2.29. The minimum Gasteiger partial charge on any atom is -0.463 e. The summed E-state index contributed by atoms with van der Waals surface area (Å²) < 4.78 is 36.5. The molecule has 1 N–H and O–H groups in total. The number of esters is 1. The molecule has 9 heteroatoms. The number of ether oxygens (including phenoxy) is 1. The molecule has 0 bridgehead atoms. The number of aromatic nitrogens is 1. The van der Waals surface area contributed by atoms with E-state index in [0.29, 0.717) is 5.52 Å². The molecular formula is C13H14N2O6S. The molecule has 0 saturated carbocycles. The Bertz CT molecular complexity index is 908. The molecule has 1 saturated heterocycles. The van der Waals surface area contributed by atoms with Gasteiger partial charge in [-0.3, -0.25) is 9.78 Å². The Hall–Kier alpha value is -2.13. The number of fused-ring (bicyclic) bond motifs is 1. The number of nitrogens with zero attached hydrogens (tertiary/aromatic N) is 1. The first kappa shape index (κ1) is 14.8. The van der Waals surface area contributed by atoms with E-state index in [9.17, 15) is 18.0 Å². The van der Waals surface area contributed by atoms with E-state index in [0.717, 1.165) is 4.31 Å². The molecule has 0 amide bonds. The van der Waals surface area contributed by atoms with Gasteiger partial charge in [-0.1, -0.05) is 0 Å². The van der Waals surface area contributed by atoms with Crippen molar-refractivity contribution < 1.29 is 22.4 Å². The Morgan fingerprint density at radius 2 is 2.00 bits per heavy atom. The standard InChI is InChI=1S/C13H14N2O6S/c1-13(2)11(16)20-6-5-15(13)22(18,19)8-3-4-9-10(7-8)21-12(17)14-9/h3-4,7H,5-6H2,1-2H3,(H,14,17). The number of hydrogen-bond acceptors (Lipinski definition) is 6. The van der Waals surface area contributed by atoms with Crippen LogP contribution in [-0.2, 0) is 19.6 Å². The van der Waals surface area contributed by atoms with Gasteiger partial charge >= 0.3 is 11.7 Å². The van der Waals surface area contributed by atoms with Gasteiger partial charge in [0.15, 0.2) is 5.58 Å². The summed E-state index contributed by atoms with van der Waals surface area (Å²) in [7, 11) is -3.93. The van der Waals surface area contributed by atoms with Gasteiger partial charge < -0.3 is 9.15 Å². The fourth-order valence-electron chi connectivity index (χ4n) is 2.41. The summed E-state index contributed by atoms with van der Waals surface area (Å²) in [6, 6.07) is 4.07. The van der Waals surface area contributed by atoms with Gasteiger partial charge in [-0.2, -0.15) is 4.31 Å². The Morgan fingerprint density at radius 1 is 1.27 bits per heavy atom. The lowest BCUT2D eigenvalue weighted by molar-refractivity contribution is -0.160. The van der Waals surface area contributed by atoms with Crippen LogP contribution in [0.2, 0.25) is 0 Å². The molecule has 1 aromatic heterocycles. The van der Waals surface area contributed by atoms with Crippen molar-refractivity contribution in [2.75, 3.05) is 13.2 Å². The van der Waals surface area contributed by atoms with Gasteiger partial charge in [-0.15, -0.1) is 0 Å². The average molecular weight is 326 g/mol. The number of benzene rings is 1. The Balaban J connectivity index is 2.11. The van der Waals surface area contributed by atoms with Crippen LogP contribution in [-0.4, -0.2) is 42.4 Å². The maximum atomic E-state index is 12.8. The third-order valence-electron chi connectivity index (χ3n) is 3.63. The van der Waals surface area contributed by atoms with Crippen molar-refractivity contribution in [3.05, 3.63) is 28.7 Å². The monoisotopic (exact) mass is 326 g/mol. The van der Waals surface area contributed by atoms with Gasteiger partial charge in [-0.05, 0) is 26.0 Å². The molecular weight excluding hydrogens is 312 g/mol. The first-order valence-electron chi connectivity index (χ1n) is 6.56. The quantitative estimate of drug-likeness (QED) is 0.802. The van der Waals surface area contributed by atoms with Crippen LogP contribution in [0.5, 0.6) is 0 Å². The molecule has 0 unspecified atom stereocenters. The second-order valence-corrected chi connectivity index (χ2v) is 7.31. The number of sulfonamides is 1. The smallest absolute Gasteiger partial charge is 0.417 e.